The number of piperidine rings is 1. The Labute approximate surface area is 165 Å². The van der Waals surface area contributed by atoms with Crippen LogP contribution in [0.15, 0.2) is 24.3 Å². The SMILES string of the molecule is CCOC(=O)Oc1ccc(C(=O)N2CCC(NC(=O)N(CC)CC)CC2)cc1. The van der Waals surface area contributed by atoms with Gasteiger partial charge in [-0.1, -0.05) is 0 Å². The van der Waals surface area contributed by atoms with Crippen molar-refractivity contribution in [2.75, 3.05) is 32.8 Å². The standard InChI is InChI=1S/C20H29N3O5/c1-4-22(5-2)19(25)21-16-11-13-23(14-12-16)18(24)15-7-9-17(10-8-15)28-20(26)27-6-3/h7-10,16H,4-6,11-14H2,1-3H3,(H,21,25). The molecule has 28 heavy (non-hydrogen) atoms. The second-order valence-electron chi connectivity index (χ2n) is 6.50. The predicted octanol–water partition coefficient (Wildman–Crippen LogP) is 2.88. The molecule has 2 rings (SSSR count). The van der Waals surface area contributed by atoms with E-state index in [0.717, 1.165) is 12.8 Å². The zero-order valence-electron chi connectivity index (χ0n) is 16.8. The Bertz CT molecular complexity index is 665. The second-order valence-corrected chi connectivity index (χ2v) is 6.50. The number of carbonyl (C=O) groups excluding carboxylic acids is 3. The van der Waals surface area contributed by atoms with E-state index < -0.39 is 6.16 Å². The summed E-state index contributed by atoms with van der Waals surface area (Å²) in [6, 6.07) is 6.43. The van der Waals surface area contributed by atoms with E-state index in [9.17, 15) is 14.4 Å². The summed E-state index contributed by atoms with van der Waals surface area (Å²) in [6.45, 7) is 8.36. The van der Waals surface area contributed by atoms with E-state index in [0.29, 0.717) is 37.5 Å². The number of amides is 3. The first kappa shape index (κ1) is 21.5. The van der Waals surface area contributed by atoms with Crippen molar-refractivity contribution >= 4 is 18.1 Å². The highest BCUT2D eigenvalue weighted by Crippen LogP contribution is 2.17. The molecule has 0 atom stereocenters. The summed E-state index contributed by atoms with van der Waals surface area (Å²) in [4.78, 5) is 39.7. The summed E-state index contributed by atoms with van der Waals surface area (Å²) in [5.74, 6) is 0.254. The van der Waals surface area contributed by atoms with Gasteiger partial charge in [0, 0.05) is 37.8 Å². The molecular formula is C20H29N3O5. The lowest BCUT2D eigenvalue weighted by Crippen LogP contribution is -2.50. The summed E-state index contributed by atoms with van der Waals surface area (Å²) < 4.78 is 9.71. The van der Waals surface area contributed by atoms with Gasteiger partial charge in [0.2, 0.25) is 0 Å². The topological polar surface area (TPSA) is 88.2 Å². The van der Waals surface area contributed by atoms with Crippen LogP contribution in [0.3, 0.4) is 0 Å². The largest absolute Gasteiger partial charge is 0.513 e. The molecule has 1 saturated heterocycles. The van der Waals surface area contributed by atoms with Gasteiger partial charge in [-0.25, -0.2) is 9.59 Å². The number of likely N-dealkylation sites (tertiary alicyclic amines) is 1. The summed E-state index contributed by atoms with van der Waals surface area (Å²) >= 11 is 0. The van der Waals surface area contributed by atoms with E-state index in [4.69, 9.17) is 9.47 Å². The molecule has 1 aliphatic rings. The van der Waals surface area contributed by atoms with Crippen LogP contribution in [0.4, 0.5) is 9.59 Å². The van der Waals surface area contributed by atoms with Gasteiger partial charge in [-0.3, -0.25) is 4.79 Å². The molecular weight excluding hydrogens is 362 g/mol. The molecule has 0 spiro atoms. The molecule has 1 heterocycles. The summed E-state index contributed by atoms with van der Waals surface area (Å²) in [5.41, 5.74) is 0.529. The first-order chi connectivity index (χ1) is 13.5. The third-order valence-electron chi connectivity index (χ3n) is 4.73. The number of urea groups is 1. The lowest BCUT2D eigenvalue weighted by Gasteiger charge is -2.33. The molecule has 154 valence electrons. The Hall–Kier alpha value is -2.77. The molecule has 0 radical (unpaired) electrons. The van der Waals surface area contributed by atoms with Crippen LogP contribution in [-0.2, 0) is 4.74 Å². The highest BCUT2D eigenvalue weighted by molar-refractivity contribution is 5.94. The number of benzene rings is 1. The molecule has 3 amide bonds. The molecule has 0 unspecified atom stereocenters. The molecule has 1 aliphatic heterocycles. The number of carbonyl (C=O) groups is 3. The molecule has 0 saturated carbocycles. The van der Waals surface area contributed by atoms with E-state index in [1.54, 1.807) is 41.0 Å². The fraction of sp³-hybridized carbons (Fsp3) is 0.550. The lowest BCUT2D eigenvalue weighted by atomic mass is 10.0. The van der Waals surface area contributed by atoms with Crippen LogP contribution in [0.25, 0.3) is 0 Å². The molecule has 1 aromatic carbocycles. The summed E-state index contributed by atoms with van der Waals surface area (Å²) in [5, 5.41) is 3.04. The van der Waals surface area contributed by atoms with Gasteiger partial charge in [-0.2, -0.15) is 0 Å². The third-order valence-corrected chi connectivity index (χ3v) is 4.73. The fourth-order valence-electron chi connectivity index (χ4n) is 3.10. The van der Waals surface area contributed by atoms with Gasteiger partial charge in [-0.15, -0.1) is 0 Å². The van der Waals surface area contributed by atoms with Gasteiger partial charge < -0.3 is 24.6 Å². The number of nitrogens with one attached hydrogen (secondary N) is 1. The zero-order chi connectivity index (χ0) is 20.5. The lowest BCUT2D eigenvalue weighted by molar-refractivity contribution is 0.0706. The van der Waals surface area contributed by atoms with Gasteiger partial charge in [0.1, 0.15) is 5.75 Å². The van der Waals surface area contributed by atoms with Crippen molar-refractivity contribution in [3.05, 3.63) is 29.8 Å². The Morgan fingerprint density at radius 3 is 2.21 bits per heavy atom. The number of nitrogens with zero attached hydrogens (tertiary/aromatic N) is 2. The first-order valence-corrected chi connectivity index (χ1v) is 9.77. The molecule has 1 N–H and O–H groups in total. The van der Waals surface area contributed by atoms with E-state index in [1.165, 1.54) is 0 Å². The van der Waals surface area contributed by atoms with E-state index >= 15 is 0 Å². The first-order valence-electron chi connectivity index (χ1n) is 9.77. The van der Waals surface area contributed by atoms with Crippen molar-refractivity contribution in [1.82, 2.24) is 15.1 Å². The molecule has 1 aromatic rings. The van der Waals surface area contributed by atoms with Crippen LogP contribution in [0.1, 0.15) is 44.0 Å². The minimum atomic E-state index is -0.768. The molecule has 0 aliphatic carbocycles. The molecule has 0 aromatic heterocycles. The van der Waals surface area contributed by atoms with Crippen LogP contribution < -0.4 is 10.1 Å². The quantitative estimate of drug-likeness (QED) is 0.595. The second kappa shape index (κ2) is 10.5. The number of hydrogen-bond acceptors (Lipinski definition) is 5. The van der Waals surface area contributed by atoms with E-state index in [1.807, 2.05) is 13.8 Å². The summed E-state index contributed by atoms with van der Waals surface area (Å²) in [7, 11) is 0. The Kier molecular flexibility index (Phi) is 8.10. The Morgan fingerprint density at radius 1 is 1.07 bits per heavy atom. The van der Waals surface area contributed by atoms with Crippen LogP contribution in [0.2, 0.25) is 0 Å². The van der Waals surface area contributed by atoms with Crippen molar-refractivity contribution in [2.45, 2.75) is 39.7 Å². The highest BCUT2D eigenvalue weighted by Gasteiger charge is 2.25. The van der Waals surface area contributed by atoms with Crippen molar-refractivity contribution in [1.29, 1.82) is 0 Å². The van der Waals surface area contributed by atoms with Gasteiger partial charge in [-0.05, 0) is 57.9 Å². The van der Waals surface area contributed by atoms with Crippen molar-refractivity contribution < 1.29 is 23.9 Å². The van der Waals surface area contributed by atoms with Crippen molar-refractivity contribution in [2.24, 2.45) is 0 Å². The minimum absolute atomic E-state index is 0.0491. The maximum absolute atomic E-state index is 12.7. The van der Waals surface area contributed by atoms with Crippen LogP contribution >= 0.6 is 0 Å². The normalized spacial score (nSPS) is 14.3. The fourth-order valence-corrected chi connectivity index (χ4v) is 3.10. The van der Waals surface area contributed by atoms with Gasteiger partial charge in [0.15, 0.2) is 0 Å². The smallest absolute Gasteiger partial charge is 0.434 e. The van der Waals surface area contributed by atoms with Gasteiger partial charge in [0.05, 0.1) is 6.61 Å². The van der Waals surface area contributed by atoms with Crippen LogP contribution in [-0.4, -0.2) is 66.7 Å². The molecule has 8 nitrogen and oxygen atoms in total. The maximum Gasteiger partial charge on any atom is 0.513 e. The van der Waals surface area contributed by atoms with E-state index in [2.05, 4.69) is 5.32 Å². The number of hydrogen-bond donors (Lipinski definition) is 1. The number of ether oxygens (including phenoxy) is 2. The third kappa shape index (κ3) is 5.87. The van der Waals surface area contributed by atoms with Crippen molar-refractivity contribution in [3.8, 4) is 5.75 Å². The molecule has 1 fully saturated rings. The molecule has 0 bridgehead atoms. The van der Waals surface area contributed by atoms with Crippen LogP contribution in [0.5, 0.6) is 5.75 Å². The Balaban J connectivity index is 1.84. The van der Waals surface area contributed by atoms with Crippen molar-refractivity contribution in [3.63, 3.8) is 0 Å². The highest BCUT2D eigenvalue weighted by atomic mass is 16.7. The minimum Gasteiger partial charge on any atom is -0.434 e. The predicted molar refractivity (Wildman–Crippen MR) is 104 cm³/mol. The average molecular weight is 391 g/mol. The van der Waals surface area contributed by atoms with Gasteiger partial charge in [0.25, 0.3) is 5.91 Å². The zero-order valence-corrected chi connectivity index (χ0v) is 16.8. The number of rotatable bonds is 6. The molecule has 8 heteroatoms. The van der Waals surface area contributed by atoms with Crippen LogP contribution in [0, 0.1) is 0 Å². The maximum atomic E-state index is 12.7. The van der Waals surface area contributed by atoms with E-state index in [-0.39, 0.29) is 24.6 Å². The average Bonchev–Trinajstić information content (AvgIpc) is 2.70. The van der Waals surface area contributed by atoms with Gasteiger partial charge >= 0.3 is 12.2 Å². The Morgan fingerprint density at radius 2 is 1.68 bits per heavy atom. The summed E-state index contributed by atoms with van der Waals surface area (Å²) in [6.07, 6.45) is 0.682. The monoisotopic (exact) mass is 391 g/mol.